The Kier molecular flexibility index (Phi) is 5.73. The zero-order valence-electron chi connectivity index (χ0n) is 14.1. The fourth-order valence-corrected chi connectivity index (χ4v) is 2.27. The molecular weight excluding hydrogens is 294 g/mol. The standard InChI is InChI=1S/C17H23N3O3/c1-12(2)11-20(3)16(21)10-9-15-18-17(19-23-15)13-5-7-14(22-4)8-6-13/h5-8,12H,9-11H2,1-4H3. The predicted octanol–water partition coefficient (Wildman–Crippen LogP) is 2.79. The van der Waals surface area contributed by atoms with E-state index in [1.165, 1.54) is 0 Å². The van der Waals surface area contributed by atoms with Crippen molar-refractivity contribution in [1.29, 1.82) is 0 Å². The molecule has 0 unspecified atom stereocenters. The minimum Gasteiger partial charge on any atom is -0.497 e. The summed E-state index contributed by atoms with van der Waals surface area (Å²) in [7, 11) is 3.44. The Morgan fingerprint density at radius 1 is 1.30 bits per heavy atom. The molecule has 1 heterocycles. The lowest BCUT2D eigenvalue weighted by atomic mass is 10.2. The number of benzene rings is 1. The number of ether oxygens (including phenoxy) is 1. The smallest absolute Gasteiger partial charge is 0.227 e. The molecule has 1 aromatic heterocycles. The SMILES string of the molecule is COc1ccc(-c2noc(CCC(=O)N(C)CC(C)C)n2)cc1. The van der Waals surface area contributed by atoms with Gasteiger partial charge in [0.1, 0.15) is 5.75 Å². The molecule has 0 atom stereocenters. The molecule has 0 aliphatic carbocycles. The number of nitrogens with zero attached hydrogens (tertiary/aromatic N) is 3. The summed E-state index contributed by atoms with van der Waals surface area (Å²) < 4.78 is 10.3. The molecule has 0 aliphatic heterocycles. The molecule has 0 aliphatic rings. The average molecular weight is 317 g/mol. The fourth-order valence-electron chi connectivity index (χ4n) is 2.27. The van der Waals surface area contributed by atoms with Crippen LogP contribution in [0.3, 0.4) is 0 Å². The third kappa shape index (κ3) is 4.81. The van der Waals surface area contributed by atoms with Crippen molar-refractivity contribution in [2.45, 2.75) is 26.7 Å². The molecule has 124 valence electrons. The molecule has 6 nitrogen and oxygen atoms in total. The van der Waals surface area contributed by atoms with Gasteiger partial charge in [0.05, 0.1) is 7.11 Å². The molecule has 2 rings (SSSR count). The highest BCUT2D eigenvalue weighted by Crippen LogP contribution is 2.20. The van der Waals surface area contributed by atoms with E-state index in [0.717, 1.165) is 17.9 Å². The number of carbonyl (C=O) groups is 1. The molecule has 6 heteroatoms. The van der Waals surface area contributed by atoms with Gasteiger partial charge in [0.2, 0.25) is 17.6 Å². The molecule has 23 heavy (non-hydrogen) atoms. The maximum absolute atomic E-state index is 12.0. The quantitative estimate of drug-likeness (QED) is 0.785. The van der Waals surface area contributed by atoms with E-state index < -0.39 is 0 Å². The Labute approximate surface area is 136 Å². The largest absolute Gasteiger partial charge is 0.497 e. The normalized spacial score (nSPS) is 10.8. The molecule has 0 N–H and O–H groups in total. The summed E-state index contributed by atoms with van der Waals surface area (Å²) in [6.07, 6.45) is 0.817. The minimum absolute atomic E-state index is 0.0860. The molecular formula is C17H23N3O3. The predicted molar refractivity (Wildman–Crippen MR) is 87.1 cm³/mol. The van der Waals surface area contributed by atoms with Crippen LogP contribution in [0, 0.1) is 5.92 Å². The van der Waals surface area contributed by atoms with Crippen LogP contribution in [0.4, 0.5) is 0 Å². The van der Waals surface area contributed by atoms with Gasteiger partial charge in [-0.1, -0.05) is 19.0 Å². The number of carbonyl (C=O) groups excluding carboxylic acids is 1. The van der Waals surface area contributed by atoms with Crippen LogP contribution in [0.2, 0.25) is 0 Å². The summed E-state index contributed by atoms with van der Waals surface area (Å²) >= 11 is 0. The van der Waals surface area contributed by atoms with Gasteiger partial charge in [0.15, 0.2) is 0 Å². The lowest BCUT2D eigenvalue weighted by molar-refractivity contribution is -0.130. The molecule has 1 amide bonds. The van der Waals surface area contributed by atoms with E-state index in [9.17, 15) is 4.79 Å². The number of hydrogen-bond donors (Lipinski definition) is 0. The van der Waals surface area contributed by atoms with Crippen LogP contribution in [-0.2, 0) is 11.2 Å². The second-order valence-electron chi connectivity index (χ2n) is 5.91. The lowest BCUT2D eigenvalue weighted by Gasteiger charge is -2.18. The average Bonchev–Trinajstić information content (AvgIpc) is 3.01. The first kappa shape index (κ1) is 17.0. The van der Waals surface area contributed by atoms with Crippen molar-refractivity contribution in [2.75, 3.05) is 20.7 Å². The van der Waals surface area contributed by atoms with Crippen LogP contribution in [0.5, 0.6) is 5.75 Å². The van der Waals surface area contributed by atoms with Crippen LogP contribution in [0.1, 0.15) is 26.2 Å². The third-order valence-electron chi connectivity index (χ3n) is 3.43. The van der Waals surface area contributed by atoms with Crippen molar-refractivity contribution in [3.63, 3.8) is 0 Å². The Hall–Kier alpha value is -2.37. The molecule has 0 fully saturated rings. The van der Waals surface area contributed by atoms with E-state index >= 15 is 0 Å². The van der Waals surface area contributed by atoms with Crippen LogP contribution in [0.25, 0.3) is 11.4 Å². The Bertz CT molecular complexity index is 635. The van der Waals surface area contributed by atoms with Crippen LogP contribution >= 0.6 is 0 Å². The summed E-state index contributed by atoms with van der Waals surface area (Å²) in [5.74, 6) is 2.31. The zero-order valence-corrected chi connectivity index (χ0v) is 14.1. The van der Waals surface area contributed by atoms with Crippen molar-refractivity contribution >= 4 is 5.91 Å². The maximum Gasteiger partial charge on any atom is 0.227 e. The van der Waals surface area contributed by atoms with Crippen molar-refractivity contribution in [3.05, 3.63) is 30.2 Å². The van der Waals surface area contributed by atoms with E-state index in [-0.39, 0.29) is 5.91 Å². The molecule has 0 saturated heterocycles. The molecule has 0 spiro atoms. The Morgan fingerprint density at radius 2 is 2.00 bits per heavy atom. The first-order chi connectivity index (χ1) is 11.0. The maximum atomic E-state index is 12.0. The van der Waals surface area contributed by atoms with Crippen molar-refractivity contribution in [3.8, 4) is 17.1 Å². The first-order valence-electron chi connectivity index (χ1n) is 7.70. The van der Waals surface area contributed by atoms with Gasteiger partial charge in [-0.3, -0.25) is 4.79 Å². The summed E-state index contributed by atoms with van der Waals surface area (Å²) in [4.78, 5) is 18.1. The first-order valence-corrected chi connectivity index (χ1v) is 7.70. The van der Waals surface area contributed by atoms with Crippen molar-refractivity contribution in [2.24, 2.45) is 5.92 Å². The van der Waals surface area contributed by atoms with Gasteiger partial charge >= 0.3 is 0 Å². The number of amides is 1. The van der Waals surface area contributed by atoms with Crippen LogP contribution in [-0.4, -0.2) is 41.6 Å². The van der Waals surface area contributed by atoms with Gasteiger partial charge in [-0.15, -0.1) is 0 Å². The number of methoxy groups -OCH3 is 1. The Morgan fingerprint density at radius 3 is 2.61 bits per heavy atom. The monoisotopic (exact) mass is 317 g/mol. The van der Waals surface area contributed by atoms with E-state index in [0.29, 0.717) is 30.5 Å². The van der Waals surface area contributed by atoms with Gasteiger partial charge in [0, 0.05) is 32.0 Å². The highest BCUT2D eigenvalue weighted by Gasteiger charge is 2.14. The fraction of sp³-hybridized carbons (Fsp3) is 0.471. The Balaban J connectivity index is 1.93. The highest BCUT2D eigenvalue weighted by molar-refractivity contribution is 5.76. The number of rotatable bonds is 7. The van der Waals surface area contributed by atoms with Gasteiger partial charge in [0.25, 0.3) is 0 Å². The molecule has 0 bridgehead atoms. The van der Waals surface area contributed by atoms with Crippen LogP contribution in [0.15, 0.2) is 28.8 Å². The van der Waals surface area contributed by atoms with Crippen molar-refractivity contribution in [1.82, 2.24) is 15.0 Å². The van der Waals surface area contributed by atoms with Gasteiger partial charge < -0.3 is 14.2 Å². The van der Waals surface area contributed by atoms with Crippen LogP contribution < -0.4 is 4.74 Å². The summed E-state index contributed by atoms with van der Waals surface area (Å²) in [5.41, 5.74) is 0.851. The molecule has 2 aromatic rings. The lowest BCUT2D eigenvalue weighted by Crippen LogP contribution is -2.30. The van der Waals surface area contributed by atoms with Gasteiger partial charge in [-0.05, 0) is 30.2 Å². The highest BCUT2D eigenvalue weighted by atomic mass is 16.5. The molecule has 1 aromatic carbocycles. The van der Waals surface area contributed by atoms with E-state index in [1.54, 1.807) is 12.0 Å². The summed E-state index contributed by atoms with van der Waals surface area (Å²) in [6, 6.07) is 7.43. The van der Waals surface area contributed by atoms with Gasteiger partial charge in [-0.2, -0.15) is 4.98 Å². The molecule has 0 saturated carbocycles. The minimum atomic E-state index is 0.0860. The van der Waals surface area contributed by atoms with E-state index in [4.69, 9.17) is 9.26 Å². The van der Waals surface area contributed by atoms with E-state index in [2.05, 4.69) is 24.0 Å². The number of hydrogen-bond acceptors (Lipinski definition) is 5. The number of aryl methyl sites for hydroxylation is 1. The third-order valence-corrected chi connectivity index (χ3v) is 3.43. The summed E-state index contributed by atoms with van der Waals surface area (Å²) in [6.45, 7) is 4.92. The van der Waals surface area contributed by atoms with Crippen molar-refractivity contribution < 1.29 is 14.1 Å². The molecule has 0 radical (unpaired) electrons. The van der Waals surface area contributed by atoms with Gasteiger partial charge in [-0.25, -0.2) is 0 Å². The summed E-state index contributed by atoms with van der Waals surface area (Å²) in [5, 5.41) is 3.96. The van der Waals surface area contributed by atoms with E-state index in [1.807, 2.05) is 31.3 Å². The second-order valence-corrected chi connectivity index (χ2v) is 5.91. The zero-order chi connectivity index (χ0) is 16.8. The topological polar surface area (TPSA) is 68.5 Å². The number of aromatic nitrogens is 2. The second kappa shape index (κ2) is 7.76.